The SMILES string of the molecule is COc1cccc(Oc2nc(N)c(Cl)cc2Cl)c1. The summed E-state index contributed by atoms with van der Waals surface area (Å²) in [6.45, 7) is 0. The highest BCUT2D eigenvalue weighted by Gasteiger charge is 2.09. The van der Waals surface area contributed by atoms with Crippen molar-refractivity contribution in [2.45, 2.75) is 0 Å². The number of nitrogen functional groups attached to an aromatic ring is 1. The Bertz CT molecular complexity index is 576. The molecule has 0 aliphatic rings. The van der Waals surface area contributed by atoms with Crippen molar-refractivity contribution in [1.29, 1.82) is 0 Å². The molecule has 2 rings (SSSR count). The van der Waals surface area contributed by atoms with Crippen LogP contribution in [0.15, 0.2) is 30.3 Å². The van der Waals surface area contributed by atoms with Gasteiger partial charge in [-0.1, -0.05) is 29.3 Å². The normalized spacial score (nSPS) is 10.2. The van der Waals surface area contributed by atoms with E-state index in [1.54, 1.807) is 31.4 Å². The van der Waals surface area contributed by atoms with Crippen molar-refractivity contribution in [2.75, 3.05) is 12.8 Å². The van der Waals surface area contributed by atoms with E-state index >= 15 is 0 Å². The number of ether oxygens (including phenoxy) is 2. The highest BCUT2D eigenvalue weighted by molar-refractivity contribution is 6.36. The van der Waals surface area contributed by atoms with Gasteiger partial charge in [-0.15, -0.1) is 0 Å². The predicted molar refractivity (Wildman–Crippen MR) is 71.7 cm³/mol. The number of aromatic nitrogens is 1. The maximum atomic E-state index is 5.97. The summed E-state index contributed by atoms with van der Waals surface area (Å²) in [5.41, 5.74) is 5.59. The van der Waals surface area contributed by atoms with Gasteiger partial charge in [0.05, 0.1) is 12.1 Å². The van der Waals surface area contributed by atoms with E-state index in [1.807, 2.05) is 0 Å². The van der Waals surface area contributed by atoms with Crippen LogP contribution >= 0.6 is 23.2 Å². The average molecular weight is 285 g/mol. The molecule has 0 aliphatic carbocycles. The molecule has 0 saturated carbocycles. The van der Waals surface area contributed by atoms with Gasteiger partial charge in [-0.25, -0.2) is 0 Å². The molecule has 1 aromatic heterocycles. The molecular weight excluding hydrogens is 275 g/mol. The number of pyridine rings is 1. The number of nitrogens with two attached hydrogens (primary N) is 1. The summed E-state index contributed by atoms with van der Waals surface area (Å²) >= 11 is 11.8. The molecule has 0 unspecified atom stereocenters. The fraction of sp³-hybridized carbons (Fsp3) is 0.0833. The third-order valence-corrected chi connectivity index (χ3v) is 2.75. The zero-order valence-electron chi connectivity index (χ0n) is 9.48. The van der Waals surface area contributed by atoms with Gasteiger partial charge in [0.25, 0.3) is 0 Å². The second-order valence-electron chi connectivity index (χ2n) is 3.42. The summed E-state index contributed by atoms with van der Waals surface area (Å²) < 4.78 is 10.6. The van der Waals surface area contributed by atoms with Crippen molar-refractivity contribution in [1.82, 2.24) is 4.98 Å². The number of methoxy groups -OCH3 is 1. The summed E-state index contributed by atoms with van der Waals surface area (Å²) in [6, 6.07) is 8.55. The molecule has 0 radical (unpaired) electrons. The van der Waals surface area contributed by atoms with Crippen LogP contribution in [0.3, 0.4) is 0 Å². The molecule has 0 aliphatic heterocycles. The van der Waals surface area contributed by atoms with E-state index < -0.39 is 0 Å². The summed E-state index contributed by atoms with van der Waals surface area (Å²) in [7, 11) is 1.57. The first kappa shape index (κ1) is 12.8. The van der Waals surface area contributed by atoms with Gasteiger partial charge in [0.2, 0.25) is 5.88 Å². The van der Waals surface area contributed by atoms with E-state index in [2.05, 4.69) is 4.98 Å². The van der Waals surface area contributed by atoms with E-state index in [9.17, 15) is 0 Å². The molecule has 2 aromatic rings. The second kappa shape index (κ2) is 5.33. The summed E-state index contributed by atoms with van der Waals surface area (Å²) in [5, 5.41) is 0.579. The minimum atomic E-state index is 0.166. The number of rotatable bonds is 3. The highest BCUT2D eigenvalue weighted by Crippen LogP contribution is 2.33. The first-order valence-corrected chi connectivity index (χ1v) is 5.79. The van der Waals surface area contributed by atoms with Crippen LogP contribution in [0.1, 0.15) is 0 Å². The van der Waals surface area contributed by atoms with E-state index in [0.29, 0.717) is 11.5 Å². The Labute approximate surface area is 114 Å². The topological polar surface area (TPSA) is 57.4 Å². The van der Waals surface area contributed by atoms with Gasteiger partial charge in [-0.05, 0) is 18.2 Å². The maximum absolute atomic E-state index is 5.97. The van der Waals surface area contributed by atoms with Crippen molar-refractivity contribution in [3.63, 3.8) is 0 Å². The lowest BCUT2D eigenvalue weighted by molar-refractivity contribution is 0.407. The number of halogens is 2. The smallest absolute Gasteiger partial charge is 0.240 e. The van der Waals surface area contributed by atoms with E-state index in [-0.39, 0.29) is 21.7 Å². The van der Waals surface area contributed by atoms with Crippen molar-refractivity contribution < 1.29 is 9.47 Å². The lowest BCUT2D eigenvalue weighted by Gasteiger charge is -2.09. The molecule has 0 atom stereocenters. The van der Waals surface area contributed by atoms with E-state index in [0.717, 1.165) is 0 Å². The van der Waals surface area contributed by atoms with E-state index in [4.69, 9.17) is 38.4 Å². The van der Waals surface area contributed by atoms with Gasteiger partial charge >= 0.3 is 0 Å². The van der Waals surface area contributed by atoms with Gasteiger partial charge in [0.15, 0.2) is 0 Å². The molecule has 94 valence electrons. The third kappa shape index (κ3) is 2.78. The molecule has 18 heavy (non-hydrogen) atoms. The van der Waals surface area contributed by atoms with Gasteiger partial charge in [-0.3, -0.25) is 0 Å². The number of hydrogen-bond donors (Lipinski definition) is 1. The van der Waals surface area contributed by atoms with Crippen LogP contribution in [0.5, 0.6) is 17.4 Å². The molecule has 0 spiro atoms. The molecule has 6 heteroatoms. The molecule has 4 nitrogen and oxygen atoms in total. The fourth-order valence-corrected chi connectivity index (χ4v) is 1.71. The Balaban J connectivity index is 2.30. The highest BCUT2D eigenvalue weighted by atomic mass is 35.5. The lowest BCUT2D eigenvalue weighted by Crippen LogP contribution is -1.96. The van der Waals surface area contributed by atoms with Crippen LogP contribution in [-0.2, 0) is 0 Å². The lowest BCUT2D eigenvalue weighted by atomic mass is 10.3. The van der Waals surface area contributed by atoms with Crippen molar-refractivity contribution in [2.24, 2.45) is 0 Å². The number of nitrogens with zero attached hydrogens (tertiary/aromatic N) is 1. The average Bonchev–Trinajstić information content (AvgIpc) is 2.36. The van der Waals surface area contributed by atoms with Crippen LogP contribution in [0.4, 0.5) is 5.82 Å². The number of anilines is 1. The standard InChI is InChI=1S/C12H10Cl2N2O2/c1-17-7-3-2-4-8(5-7)18-12-10(14)6-9(13)11(15)16-12/h2-6H,1H3,(H2,15,16). The monoisotopic (exact) mass is 284 g/mol. The minimum absolute atomic E-state index is 0.166. The molecule has 1 heterocycles. The van der Waals surface area contributed by atoms with Crippen molar-refractivity contribution >= 4 is 29.0 Å². The maximum Gasteiger partial charge on any atom is 0.240 e. The Morgan fingerprint density at radius 3 is 2.56 bits per heavy atom. The molecule has 0 bridgehead atoms. The molecule has 0 saturated heterocycles. The van der Waals surface area contributed by atoms with Crippen molar-refractivity contribution in [3.8, 4) is 17.4 Å². The first-order chi connectivity index (χ1) is 8.60. The summed E-state index contributed by atoms with van der Waals surface area (Å²) in [6.07, 6.45) is 0. The molecule has 2 N–H and O–H groups in total. The van der Waals surface area contributed by atoms with Crippen LogP contribution < -0.4 is 15.2 Å². The molecule has 1 aromatic carbocycles. The largest absolute Gasteiger partial charge is 0.497 e. The zero-order chi connectivity index (χ0) is 13.1. The Morgan fingerprint density at radius 2 is 1.83 bits per heavy atom. The van der Waals surface area contributed by atoms with Crippen LogP contribution in [0.25, 0.3) is 0 Å². The quantitative estimate of drug-likeness (QED) is 0.932. The number of benzene rings is 1. The number of hydrogen-bond acceptors (Lipinski definition) is 4. The van der Waals surface area contributed by atoms with Gasteiger partial charge in [0, 0.05) is 6.07 Å². The second-order valence-corrected chi connectivity index (χ2v) is 4.24. The molecule has 0 amide bonds. The van der Waals surface area contributed by atoms with E-state index in [1.165, 1.54) is 6.07 Å². The van der Waals surface area contributed by atoms with Crippen LogP contribution in [0.2, 0.25) is 10.0 Å². The van der Waals surface area contributed by atoms with Gasteiger partial charge < -0.3 is 15.2 Å². The van der Waals surface area contributed by atoms with Crippen LogP contribution in [0, 0.1) is 0 Å². The fourth-order valence-electron chi connectivity index (χ4n) is 1.31. The van der Waals surface area contributed by atoms with Crippen LogP contribution in [-0.4, -0.2) is 12.1 Å². The van der Waals surface area contributed by atoms with Gasteiger partial charge in [0.1, 0.15) is 22.3 Å². The molecular formula is C12H10Cl2N2O2. The molecule has 0 fully saturated rings. The Morgan fingerprint density at radius 1 is 1.11 bits per heavy atom. The third-order valence-electron chi connectivity index (χ3n) is 2.18. The van der Waals surface area contributed by atoms with Crippen molar-refractivity contribution in [3.05, 3.63) is 40.4 Å². The summed E-state index contributed by atoms with van der Waals surface area (Å²) in [4.78, 5) is 3.97. The predicted octanol–water partition coefficient (Wildman–Crippen LogP) is 3.77. The Hall–Kier alpha value is -1.65. The zero-order valence-corrected chi connectivity index (χ0v) is 11.0. The first-order valence-electron chi connectivity index (χ1n) is 5.03. The minimum Gasteiger partial charge on any atom is -0.497 e. The Kier molecular flexibility index (Phi) is 3.79. The summed E-state index contributed by atoms with van der Waals surface area (Å²) in [5.74, 6) is 1.59. The van der Waals surface area contributed by atoms with Gasteiger partial charge in [-0.2, -0.15) is 4.98 Å².